The minimum Gasteiger partial charge on any atom is -0.298 e. The largest absolute Gasteiger partial charge is 0.298 e. The summed E-state index contributed by atoms with van der Waals surface area (Å²) in [6, 6.07) is 4.71. The average Bonchev–Trinajstić information content (AvgIpc) is 2.32. The zero-order valence-electron chi connectivity index (χ0n) is 9.99. The Balaban J connectivity index is 2.14. The van der Waals surface area contributed by atoms with E-state index in [1.807, 2.05) is 0 Å². The first-order valence-corrected chi connectivity index (χ1v) is 6.99. The number of thioether (sulfide) groups is 1. The van der Waals surface area contributed by atoms with Gasteiger partial charge in [0.2, 0.25) is 0 Å². The van der Waals surface area contributed by atoms with E-state index in [0.29, 0.717) is 21.6 Å². The molecule has 1 nitrogen and oxygen atoms in total. The van der Waals surface area contributed by atoms with E-state index in [4.69, 9.17) is 0 Å². The van der Waals surface area contributed by atoms with Crippen LogP contribution < -0.4 is 0 Å². The molecule has 0 aromatic heterocycles. The zero-order chi connectivity index (χ0) is 12.3. The van der Waals surface area contributed by atoms with Crippen LogP contribution in [0.25, 0.3) is 0 Å². The van der Waals surface area contributed by atoms with E-state index in [2.05, 4.69) is 6.92 Å². The van der Waals surface area contributed by atoms with E-state index < -0.39 is 0 Å². The molecule has 1 saturated carbocycles. The Bertz CT molecular complexity index is 405. The Kier molecular flexibility index (Phi) is 4.21. The molecule has 92 valence electrons. The van der Waals surface area contributed by atoms with Crippen LogP contribution in [-0.4, -0.2) is 11.5 Å². The number of hydrogen-bond acceptors (Lipinski definition) is 2. The fourth-order valence-electron chi connectivity index (χ4n) is 2.39. The highest BCUT2D eigenvalue weighted by atomic mass is 32.2. The lowest BCUT2D eigenvalue weighted by Crippen LogP contribution is -2.15. The van der Waals surface area contributed by atoms with Crippen molar-refractivity contribution in [2.45, 2.75) is 42.8 Å². The first kappa shape index (κ1) is 12.6. The summed E-state index contributed by atoms with van der Waals surface area (Å²) < 4.78 is 13.7. The minimum atomic E-state index is -0.266. The normalized spacial score (nSPS) is 24.6. The number of hydrogen-bond donors (Lipinski definition) is 0. The molecular formula is C14H17FOS. The second-order valence-corrected chi connectivity index (χ2v) is 6.10. The van der Waals surface area contributed by atoms with Crippen LogP contribution in [-0.2, 0) is 0 Å². The molecule has 0 aliphatic heterocycles. The first-order valence-electron chi connectivity index (χ1n) is 6.11. The predicted octanol–water partition coefficient (Wildman–Crippen LogP) is 4.31. The maximum Gasteiger partial charge on any atom is 0.151 e. The molecule has 3 heteroatoms. The van der Waals surface area contributed by atoms with Crippen molar-refractivity contribution in [1.82, 2.24) is 0 Å². The smallest absolute Gasteiger partial charge is 0.151 e. The fraction of sp³-hybridized carbons (Fsp3) is 0.500. The van der Waals surface area contributed by atoms with Gasteiger partial charge in [-0.1, -0.05) is 31.9 Å². The topological polar surface area (TPSA) is 17.1 Å². The van der Waals surface area contributed by atoms with Gasteiger partial charge in [-0.3, -0.25) is 4.79 Å². The summed E-state index contributed by atoms with van der Waals surface area (Å²) in [7, 11) is 0. The number of halogens is 1. The summed E-state index contributed by atoms with van der Waals surface area (Å²) in [5, 5.41) is 0.453. The Labute approximate surface area is 106 Å². The summed E-state index contributed by atoms with van der Waals surface area (Å²) in [6.07, 6.45) is 5.48. The minimum absolute atomic E-state index is 0.266. The molecule has 0 bridgehead atoms. The molecule has 0 heterocycles. The third-order valence-electron chi connectivity index (χ3n) is 3.30. The van der Waals surface area contributed by atoms with Crippen molar-refractivity contribution in [2.24, 2.45) is 5.92 Å². The molecule has 0 spiro atoms. The van der Waals surface area contributed by atoms with Crippen LogP contribution in [0.2, 0.25) is 0 Å². The van der Waals surface area contributed by atoms with Gasteiger partial charge in [-0.05, 0) is 24.8 Å². The molecular weight excluding hydrogens is 235 g/mol. The van der Waals surface area contributed by atoms with E-state index in [9.17, 15) is 9.18 Å². The van der Waals surface area contributed by atoms with E-state index in [1.165, 1.54) is 30.7 Å². The van der Waals surface area contributed by atoms with Gasteiger partial charge in [0.1, 0.15) is 5.82 Å². The van der Waals surface area contributed by atoms with Gasteiger partial charge >= 0.3 is 0 Å². The van der Waals surface area contributed by atoms with Gasteiger partial charge in [-0.2, -0.15) is 0 Å². The second kappa shape index (κ2) is 5.67. The molecule has 2 rings (SSSR count). The molecule has 1 aromatic carbocycles. The summed E-state index contributed by atoms with van der Waals surface area (Å²) >= 11 is 1.54. The van der Waals surface area contributed by atoms with Gasteiger partial charge in [0.15, 0.2) is 6.29 Å². The van der Waals surface area contributed by atoms with Crippen LogP contribution in [0, 0.1) is 11.7 Å². The number of benzene rings is 1. The van der Waals surface area contributed by atoms with E-state index in [1.54, 1.807) is 12.1 Å². The predicted molar refractivity (Wildman–Crippen MR) is 69.1 cm³/mol. The average molecular weight is 252 g/mol. The van der Waals surface area contributed by atoms with Gasteiger partial charge in [0.25, 0.3) is 0 Å². The lowest BCUT2D eigenvalue weighted by atomic mass is 9.91. The quantitative estimate of drug-likeness (QED) is 0.746. The molecule has 1 aliphatic rings. The standard InChI is InChI=1S/C14H17FOS/c1-10-4-2-6-12(8-10)17-14-11(9-16)5-3-7-13(14)15/h3,5,7,9-10,12H,2,4,6,8H2,1H3. The van der Waals surface area contributed by atoms with Gasteiger partial charge in [-0.15, -0.1) is 11.8 Å². The summed E-state index contributed by atoms with van der Waals surface area (Å²) in [5.74, 6) is 0.450. The lowest BCUT2D eigenvalue weighted by molar-refractivity contribution is 0.112. The maximum atomic E-state index is 13.7. The molecule has 2 atom stereocenters. The van der Waals surface area contributed by atoms with Crippen molar-refractivity contribution >= 4 is 18.0 Å². The van der Waals surface area contributed by atoms with Crippen LogP contribution in [0.3, 0.4) is 0 Å². The maximum absolute atomic E-state index is 13.7. The monoisotopic (exact) mass is 252 g/mol. The Morgan fingerprint density at radius 1 is 1.41 bits per heavy atom. The lowest BCUT2D eigenvalue weighted by Gasteiger charge is -2.26. The van der Waals surface area contributed by atoms with E-state index in [-0.39, 0.29) is 5.82 Å². The van der Waals surface area contributed by atoms with E-state index in [0.717, 1.165) is 19.1 Å². The van der Waals surface area contributed by atoms with Crippen molar-refractivity contribution in [2.75, 3.05) is 0 Å². The number of aldehydes is 1. The number of carbonyl (C=O) groups excluding carboxylic acids is 1. The fourth-order valence-corrected chi connectivity index (χ4v) is 3.87. The SMILES string of the molecule is CC1CCCC(Sc2c(F)cccc2C=O)C1. The molecule has 0 N–H and O–H groups in total. The van der Waals surface area contributed by atoms with Gasteiger partial charge in [-0.25, -0.2) is 4.39 Å². The van der Waals surface area contributed by atoms with E-state index >= 15 is 0 Å². The molecule has 0 radical (unpaired) electrons. The van der Waals surface area contributed by atoms with Crippen molar-refractivity contribution in [3.63, 3.8) is 0 Å². The van der Waals surface area contributed by atoms with Crippen molar-refractivity contribution in [1.29, 1.82) is 0 Å². The molecule has 1 aliphatic carbocycles. The van der Waals surface area contributed by atoms with Crippen molar-refractivity contribution in [3.8, 4) is 0 Å². The molecule has 1 aromatic rings. The highest BCUT2D eigenvalue weighted by Gasteiger charge is 2.22. The molecule has 0 amide bonds. The van der Waals surface area contributed by atoms with Crippen molar-refractivity contribution < 1.29 is 9.18 Å². The van der Waals surface area contributed by atoms with Gasteiger partial charge in [0.05, 0.1) is 4.90 Å². The Morgan fingerprint density at radius 2 is 2.24 bits per heavy atom. The molecule has 2 unspecified atom stereocenters. The third kappa shape index (κ3) is 3.09. The molecule has 0 saturated heterocycles. The second-order valence-electron chi connectivity index (χ2n) is 4.79. The van der Waals surface area contributed by atoms with Crippen LogP contribution >= 0.6 is 11.8 Å². The Hall–Kier alpha value is -0.830. The summed E-state index contributed by atoms with van der Waals surface area (Å²) in [6.45, 7) is 2.24. The van der Waals surface area contributed by atoms with Crippen LogP contribution in [0.15, 0.2) is 23.1 Å². The van der Waals surface area contributed by atoms with Gasteiger partial charge in [0, 0.05) is 10.8 Å². The highest BCUT2D eigenvalue weighted by molar-refractivity contribution is 8.00. The zero-order valence-corrected chi connectivity index (χ0v) is 10.8. The van der Waals surface area contributed by atoms with Crippen LogP contribution in [0.5, 0.6) is 0 Å². The van der Waals surface area contributed by atoms with Crippen LogP contribution in [0.1, 0.15) is 43.0 Å². The molecule has 1 fully saturated rings. The van der Waals surface area contributed by atoms with Crippen molar-refractivity contribution in [3.05, 3.63) is 29.6 Å². The highest BCUT2D eigenvalue weighted by Crippen LogP contribution is 2.38. The van der Waals surface area contributed by atoms with Gasteiger partial charge < -0.3 is 0 Å². The summed E-state index contributed by atoms with van der Waals surface area (Å²) in [4.78, 5) is 11.4. The third-order valence-corrected chi connectivity index (χ3v) is 4.73. The Morgan fingerprint density at radius 3 is 2.94 bits per heavy atom. The number of rotatable bonds is 3. The first-order chi connectivity index (χ1) is 8.20. The number of carbonyl (C=O) groups is 1. The summed E-state index contributed by atoms with van der Waals surface area (Å²) in [5.41, 5.74) is 0.480. The molecule has 17 heavy (non-hydrogen) atoms. The van der Waals surface area contributed by atoms with Crippen LogP contribution in [0.4, 0.5) is 4.39 Å².